The van der Waals surface area contributed by atoms with E-state index in [-0.39, 0.29) is 0 Å². The van der Waals surface area contributed by atoms with E-state index in [2.05, 4.69) is 41.9 Å². The van der Waals surface area contributed by atoms with Gasteiger partial charge in [0.25, 0.3) is 0 Å². The van der Waals surface area contributed by atoms with E-state index in [0.717, 1.165) is 6.42 Å². The van der Waals surface area contributed by atoms with Crippen LogP contribution in [-0.4, -0.2) is 11.5 Å². The first kappa shape index (κ1) is 9.79. The lowest BCUT2D eigenvalue weighted by molar-refractivity contribution is 1.06. The number of nitrogens with zero attached hydrogens (tertiary/aromatic N) is 1. The first-order valence-corrected chi connectivity index (χ1v) is 5.14. The Hall–Kier alpha value is -1.75. The molecule has 0 aliphatic heterocycles. The van der Waals surface area contributed by atoms with Crippen molar-refractivity contribution in [1.82, 2.24) is 4.98 Å². The van der Waals surface area contributed by atoms with Crippen LogP contribution in [-0.2, 0) is 6.42 Å². The van der Waals surface area contributed by atoms with Gasteiger partial charge < -0.3 is 9.83 Å². The molecule has 1 aromatic carbocycles. The zero-order valence-corrected chi connectivity index (χ0v) is 9.09. The fraction of sp³-hybridized carbons (Fsp3) is 0.308. The molecule has 0 aliphatic rings. The van der Waals surface area contributed by atoms with Crippen LogP contribution in [0.3, 0.4) is 0 Å². The van der Waals surface area contributed by atoms with Crippen molar-refractivity contribution >= 4 is 10.9 Å². The second-order valence-electron chi connectivity index (χ2n) is 3.86. The number of nitrogens with one attached hydrogen (secondary N) is 1. The smallest absolute Gasteiger partial charge is 0.218 e. The van der Waals surface area contributed by atoms with E-state index < -0.39 is 0 Å². The van der Waals surface area contributed by atoms with Crippen molar-refractivity contribution in [3.8, 4) is 0 Å². The number of H-pyrrole nitrogens is 1. The standard InChI is InChI=1S/C13H14N2/c1-9-5-4-6-12-13(9)11(7-8-14-3)10(2)15-12/h4-6,15H,7-8H2,1-2H3. The van der Waals surface area contributed by atoms with Crippen molar-refractivity contribution < 1.29 is 0 Å². The van der Waals surface area contributed by atoms with Gasteiger partial charge in [-0.15, -0.1) is 0 Å². The van der Waals surface area contributed by atoms with Crippen molar-refractivity contribution in [2.45, 2.75) is 20.3 Å². The highest BCUT2D eigenvalue weighted by molar-refractivity contribution is 5.87. The molecule has 2 rings (SSSR count). The van der Waals surface area contributed by atoms with Crippen LogP contribution in [0, 0.1) is 20.4 Å². The molecule has 2 heteroatoms. The average molecular weight is 198 g/mol. The number of aromatic nitrogens is 1. The third-order valence-corrected chi connectivity index (χ3v) is 2.82. The summed E-state index contributed by atoms with van der Waals surface area (Å²) < 4.78 is 0. The molecule has 0 aliphatic carbocycles. The number of rotatable bonds is 2. The maximum atomic E-state index is 6.85. The molecule has 1 heterocycles. The predicted molar refractivity (Wildman–Crippen MR) is 62.9 cm³/mol. The second-order valence-corrected chi connectivity index (χ2v) is 3.86. The maximum absolute atomic E-state index is 6.85. The Labute approximate surface area is 89.7 Å². The van der Waals surface area contributed by atoms with E-state index in [9.17, 15) is 0 Å². The number of hydrogen-bond donors (Lipinski definition) is 1. The van der Waals surface area contributed by atoms with Gasteiger partial charge in [-0.25, -0.2) is 6.57 Å². The molecule has 0 saturated heterocycles. The van der Waals surface area contributed by atoms with Crippen LogP contribution in [0.25, 0.3) is 15.7 Å². The summed E-state index contributed by atoms with van der Waals surface area (Å²) in [5.41, 5.74) is 4.98. The van der Waals surface area contributed by atoms with E-state index in [0.29, 0.717) is 6.54 Å². The summed E-state index contributed by atoms with van der Waals surface area (Å²) in [4.78, 5) is 6.80. The Balaban J connectivity index is 2.61. The number of aryl methyl sites for hydroxylation is 2. The van der Waals surface area contributed by atoms with E-state index in [1.54, 1.807) is 0 Å². The van der Waals surface area contributed by atoms with Gasteiger partial charge in [-0.3, -0.25) is 0 Å². The number of fused-ring (bicyclic) bond motifs is 1. The lowest BCUT2D eigenvalue weighted by atomic mass is 10.0. The molecule has 0 bridgehead atoms. The van der Waals surface area contributed by atoms with Gasteiger partial charge in [0, 0.05) is 23.0 Å². The fourth-order valence-corrected chi connectivity index (χ4v) is 2.12. The topological polar surface area (TPSA) is 20.1 Å². The van der Waals surface area contributed by atoms with Crippen molar-refractivity contribution in [1.29, 1.82) is 0 Å². The van der Waals surface area contributed by atoms with Gasteiger partial charge in [0.1, 0.15) is 0 Å². The van der Waals surface area contributed by atoms with Gasteiger partial charge in [0.05, 0.1) is 0 Å². The highest BCUT2D eigenvalue weighted by Gasteiger charge is 2.10. The molecule has 2 nitrogen and oxygen atoms in total. The van der Waals surface area contributed by atoms with Crippen molar-refractivity contribution in [3.63, 3.8) is 0 Å². The zero-order chi connectivity index (χ0) is 10.8. The molecule has 0 atom stereocenters. The Kier molecular flexibility index (Phi) is 2.47. The van der Waals surface area contributed by atoms with E-state index in [1.165, 1.54) is 27.7 Å². The minimum atomic E-state index is 0.572. The van der Waals surface area contributed by atoms with Crippen LogP contribution in [0.4, 0.5) is 0 Å². The summed E-state index contributed by atoms with van der Waals surface area (Å²) in [6.45, 7) is 11.6. The van der Waals surface area contributed by atoms with Gasteiger partial charge in [0.2, 0.25) is 6.54 Å². The molecule has 0 amide bonds. The number of benzene rings is 1. The van der Waals surface area contributed by atoms with Crippen LogP contribution in [0.1, 0.15) is 16.8 Å². The molecule has 1 N–H and O–H groups in total. The first-order valence-electron chi connectivity index (χ1n) is 5.14. The average Bonchev–Trinajstić information content (AvgIpc) is 2.53. The third kappa shape index (κ3) is 1.61. The highest BCUT2D eigenvalue weighted by atomic mass is 14.7. The van der Waals surface area contributed by atoms with Crippen LogP contribution >= 0.6 is 0 Å². The minimum absolute atomic E-state index is 0.572. The quantitative estimate of drug-likeness (QED) is 0.715. The number of aromatic amines is 1. The van der Waals surface area contributed by atoms with E-state index in [1.807, 2.05) is 0 Å². The molecule has 0 radical (unpaired) electrons. The summed E-state index contributed by atoms with van der Waals surface area (Å²) in [5.74, 6) is 0. The minimum Gasteiger partial charge on any atom is -0.358 e. The van der Waals surface area contributed by atoms with Gasteiger partial charge in [-0.1, -0.05) is 12.1 Å². The molecule has 0 fully saturated rings. The summed E-state index contributed by atoms with van der Waals surface area (Å²) in [6.07, 6.45) is 0.847. The largest absolute Gasteiger partial charge is 0.358 e. The number of hydrogen-bond acceptors (Lipinski definition) is 0. The Bertz CT molecular complexity index is 529. The molecule has 76 valence electrons. The Morgan fingerprint density at radius 3 is 2.87 bits per heavy atom. The molecule has 2 aromatic rings. The lowest BCUT2D eigenvalue weighted by Gasteiger charge is -1.99. The van der Waals surface area contributed by atoms with Crippen LogP contribution in [0.2, 0.25) is 0 Å². The molecule has 1 aromatic heterocycles. The zero-order valence-electron chi connectivity index (χ0n) is 9.09. The van der Waals surface area contributed by atoms with Crippen molar-refractivity contribution in [2.75, 3.05) is 6.54 Å². The van der Waals surface area contributed by atoms with E-state index >= 15 is 0 Å². The molecule has 0 spiro atoms. The molecular weight excluding hydrogens is 184 g/mol. The van der Waals surface area contributed by atoms with Crippen LogP contribution in [0.15, 0.2) is 18.2 Å². The molecule has 0 saturated carbocycles. The van der Waals surface area contributed by atoms with Gasteiger partial charge in [-0.05, 0) is 31.0 Å². The third-order valence-electron chi connectivity index (χ3n) is 2.82. The van der Waals surface area contributed by atoms with Crippen LogP contribution < -0.4 is 0 Å². The Morgan fingerprint density at radius 2 is 2.13 bits per heavy atom. The monoisotopic (exact) mass is 198 g/mol. The molecule has 0 unspecified atom stereocenters. The summed E-state index contributed by atoms with van der Waals surface area (Å²) in [5, 5.41) is 1.30. The predicted octanol–water partition coefficient (Wildman–Crippen LogP) is 3.25. The normalized spacial score (nSPS) is 10.5. The maximum Gasteiger partial charge on any atom is 0.218 e. The summed E-state index contributed by atoms with van der Waals surface area (Å²) in [7, 11) is 0. The summed E-state index contributed by atoms with van der Waals surface area (Å²) in [6, 6.07) is 6.28. The Morgan fingerprint density at radius 1 is 1.33 bits per heavy atom. The SMILES string of the molecule is [C-]#[N+]CCc1c(C)[nH]c2cccc(C)c12. The first-order chi connectivity index (χ1) is 7.24. The van der Waals surface area contributed by atoms with Gasteiger partial charge in [-0.2, -0.15) is 0 Å². The second kappa shape index (κ2) is 3.78. The van der Waals surface area contributed by atoms with Crippen molar-refractivity contribution in [2.24, 2.45) is 0 Å². The van der Waals surface area contributed by atoms with Crippen molar-refractivity contribution in [3.05, 3.63) is 46.4 Å². The van der Waals surface area contributed by atoms with Gasteiger partial charge >= 0.3 is 0 Å². The van der Waals surface area contributed by atoms with Gasteiger partial charge in [0.15, 0.2) is 0 Å². The molecule has 15 heavy (non-hydrogen) atoms. The molecular formula is C13H14N2. The summed E-state index contributed by atoms with van der Waals surface area (Å²) >= 11 is 0. The van der Waals surface area contributed by atoms with E-state index in [4.69, 9.17) is 6.57 Å². The van der Waals surface area contributed by atoms with Crippen LogP contribution in [0.5, 0.6) is 0 Å². The lowest BCUT2D eigenvalue weighted by Crippen LogP contribution is -1.90. The highest BCUT2D eigenvalue weighted by Crippen LogP contribution is 2.25. The fourth-order valence-electron chi connectivity index (χ4n) is 2.12.